The normalized spacial score (nSPS) is 9.86. The molecule has 0 aliphatic carbocycles. The van der Waals surface area contributed by atoms with Crippen LogP contribution in [0, 0.1) is 0 Å². The lowest BCUT2D eigenvalue weighted by molar-refractivity contribution is -0.134. The van der Waals surface area contributed by atoms with Gasteiger partial charge in [-0.2, -0.15) is 0 Å². The van der Waals surface area contributed by atoms with Crippen molar-refractivity contribution >= 4 is 17.6 Å². The van der Waals surface area contributed by atoms with Crippen LogP contribution in [-0.4, -0.2) is 12.5 Å². The number of hydrogen-bond acceptors (Lipinski definition) is 3. The molecule has 0 aliphatic heterocycles. The van der Waals surface area contributed by atoms with E-state index in [-0.39, 0.29) is 5.97 Å². The minimum atomic E-state index is -0.266. The first-order valence-corrected chi connectivity index (χ1v) is 4.76. The van der Waals surface area contributed by atoms with Crippen LogP contribution in [0.25, 0.3) is 0 Å². The molecule has 0 saturated carbocycles. The van der Waals surface area contributed by atoms with E-state index in [4.69, 9.17) is 22.1 Å². The van der Waals surface area contributed by atoms with Crippen LogP contribution in [0.3, 0.4) is 0 Å². The fourth-order valence-electron chi connectivity index (χ4n) is 0.932. The molecule has 3 nitrogen and oxygen atoms in total. The first-order chi connectivity index (χ1) is 6.72. The second kappa shape index (κ2) is 5.62. The molecule has 0 amide bonds. The second-order valence-corrected chi connectivity index (χ2v) is 3.26. The predicted molar refractivity (Wildman–Crippen MR) is 55.4 cm³/mol. The molecular formula is C10H12ClNO2. The summed E-state index contributed by atoms with van der Waals surface area (Å²) >= 11 is 5.67. The van der Waals surface area contributed by atoms with Gasteiger partial charge in [0, 0.05) is 11.4 Å². The molecular weight excluding hydrogens is 202 g/mol. The molecule has 76 valence electrons. The standard InChI is InChI=1S/C10H12ClNO2/c11-8-3-5-9(6-4-8)14-10(13)2-1-7-12/h3-6H,1-2,7,12H2. The average molecular weight is 214 g/mol. The Kier molecular flexibility index (Phi) is 4.43. The number of hydrogen-bond donors (Lipinski definition) is 1. The van der Waals surface area contributed by atoms with Gasteiger partial charge in [-0.3, -0.25) is 4.79 Å². The summed E-state index contributed by atoms with van der Waals surface area (Å²) in [6.07, 6.45) is 0.992. The zero-order chi connectivity index (χ0) is 10.4. The molecule has 0 atom stereocenters. The highest BCUT2D eigenvalue weighted by molar-refractivity contribution is 6.30. The van der Waals surface area contributed by atoms with Crippen molar-refractivity contribution in [2.45, 2.75) is 12.8 Å². The largest absolute Gasteiger partial charge is 0.427 e. The van der Waals surface area contributed by atoms with E-state index in [0.717, 1.165) is 0 Å². The number of rotatable bonds is 4. The summed E-state index contributed by atoms with van der Waals surface area (Å²) in [5, 5.41) is 0.617. The number of ether oxygens (including phenoxy) is 1. The van der Waals surface area contributed by atoms with Crippen molar-refractivity contribution in [2.24, 2.45) is 5.73 Å². The van der Waals surface area contributed by atoms with Crippen LogP contribution in [-0.2, 0) is 4.79 Å². The van der Waals surface area contributed by atoms with Crippen molar-refractivity contribution in [3.63, 3.8) is 0 Å². The Balaban J connectivity index is 2.44. The summed E-state index contributed by atoms with van der Waals surface area (Å²) < 4.78 is 5.02. The molecule has 0 radical (unpaired) electrons. The summed E-state index contributed by atoms with van der Waals surface area (Å²) in [7, 11) is 0. The SMILES string of the molecule is NCCCC(=O)Oc1ccc(Cl)cc1. The van der Waals surface area contributed by atoms with Crippen molar-refractivity contribution in [3.05, 3.63) is 29.3 Å². The predicted octanol–water partition coefficient (Wildman–Crippen LogP) is 1.98. The Morgan fingerprint density at radius 3 is 2.57 bits per heavy atom. The smallest absolute Gasteiger partial charge is 0.311 e. The highest BCUT2D eigenvalue weighted by atomic mass is 35.5. The molecule has 0 aliphatic rings. The number of benzene rings is 1. The molecule has 0 spiro atoms. The van der Waals surface area contributed by atoms with E-state index in [1.165, 1.54) is 0 Å². The minimum absolute atomic E-state index is 0.266. The van der Waals surface area contributed by atoms with E-state index in [1.54, 1.807) is 24.3 Å². The highest BCUT2D eigenvalue weighted by Crippen LogP contribution is 2.15. The lowest BCUT2D eigenvalue weighted by atomic mass is 10.3. The number of carbonyl (C=O) groups excluding carboxylic acids is 1. The van der Waals surface area contributed by atoms with Crippen LogP contribution >= 0.6 is 11.6 Å². The van der Waals surface area contributed by atoms with Gasteiger partial charge < -0.3 is 10.5 Å². The Labute approximate surface area is 87.8 Å². The van der Waals surface area contributed by atoms with Gasteiger partial charge in [-0.1, -0.05) is 11.6 Å². The van der Waals surface area contributed by atoms with Gasteiger partial charge in [0.05, 0.1) is 0 Å². The summed E-state index contributed by atoms with van der Waals surface area (Å²) in [6, 6.07) is 6.66. The lowest BCUT2D eigenvalue weighted by Gasteiger charge is -2.02. The van der Waals surface area contributed by atoms with Crippen LogP contribution in [0.1, 0.15) is 12.8 Å². The fourth-order valence-corrected chi connectivity index (χ4v) is 1.06. The quantitative estimate of drug-likeness (QED) is 0.615. The average Bonchev–Trinajstić information content (AvgIpc) is 2.18. The lowest BCUT2D eigenvalue weighted by Crippen LogP contribution is -2.10. The van der Waals surface area contributed by atoms with Crippen molar-refractivity contribution in [1.29, 1.82) is 0 Å². The Bertz CT molecular complexity index is 297. The third kappa shape index (κ3) is 3.77. The molecule has 0 unspecified atom stereocenters. The van der Waals surface area contributed by atoms with Crippen molar-refractivity contribution in [1.82, 2.24) is 0 Å². The van der Waals surface area contributed by atoms with Crippen LogP contribution in [0.5, 0.6) is 5.75 Å². The maximum Gasteiger partial charge on any atom is 0.311 e. The van der Waals surface area contributed by atoms with E-state index in [2.05, 4.69) is 0 Å². The van der Waals surface area contributed by atoms with E-state index >= 15 is 0 Å². The Morgan fingerprint density at radius 2 is 2.00 bits per heavy atom. The Hall–Kier alpha value is -1.06. The highest BCUT2D eigenvalue weighted by Gasteiger charge is 2.03. The van der Waals surface area contributed by atoms with E-state index in [0.29, 0.717) is 30.2 Å². The summed E-state index contributed by atoms with van der Waals surface area (Å²) in [5.41, 5.74) is 5.26. The van der Waals surface area contributed by atoms with E-state index < -0.39 is 0 Å². The molecule has 0 saturated heterocycles. The van der Waals surface area contributed by atoms with Crippen molar-refractivity contribution < 1.29 is 9.53 Å². The van der Waals surface area contributed by atoms with Crippen LogP contribution in [0.15, 0.2) is 24.3 Å². The molecule has 0 heterocycles. The maximum absolute atomic E-state index is 11.1. The number of carbonyl (C=O) groups is 1. The van der Waals surface area contributed by atoms with Gasteiger partial charge in [-0.15, -0.1) is 0 Å². The van der Waals surface area contributed by atoms with Crippen LogP contribution < -0.4 is 10.5 Å². The molecule has 1 aromatic carbocycles. The zero-order valence-electron chi connectivity index (χ0n) is 7.70. The third-order valence-corrected chi connectivity index (χ3v) is 1.88. The maximum atomic E-state index is 11.1. The third-order valence-electron chi connectivity index (χ3n) is 1.63. The molecule has 0 bridgehead atoms. The molecule has 1 aromatic rings. The topological polar surface area (TPSA) is 52.3 Å². The van der Waals surface area contributed by atoms with E-state index in [1.807, 2.05) is 0 Å². The van der Waals surface area contributed by atoms with Gasteiger partial charge in [0.1, 0.15) is 5.75 Å². The molecule has 0 aromatic heterocycles. The van der Waals surface area contributed by atoms with Gasteiger partial charge in [0.15, 0.2) is 0 Å². The van der Waals surface area contributed by atoms with Gasteiger partial charge in [0.2, 0.25) is 0 Å². The second-order valence-electron chi connectivity index (χ2n) is 2.82. The van der Waals surface area contributed by atoms with Gasteiger partial charge in [0.25, 0.3) is 0 Å². The molecule has 14 heavy (non-hydrogen) atoms. The van der Waals surface area contributed by atoms with Gasteiger partial charge in [-0.25, -0.2) is 0 Å². The van der Waals surface area contributed by atoms with E-state index in [9.17, 15) is 4.79 Å². The fraction of sp³-hybridized carbons (Fsp3) is 0.300. The number of esters is 1. The zero-order valence-corrected chi connectivity index (χ0v) is 8.46. The molecule has 1 rings (SSSR count). The van der Waals surface area contributed by atoms with Gasteiger partial charge in [-0.05, 0) is 37.2 Å². The Morgan fingerprint density at radius 1 is 1.36 bits per heavy atom. The summed E-state index contributed by atoms with van der Waals surface area (Å²) in [4.78, 5) is 11.1. The monoisotopic (exact) mass is 213 g/mol. The summed E-state index contributed by atoms with van der Waals surface area (Å²) in [6.45, 7) is 0.496. The van der Waals surface area contributed by atoms with Gasteiger partial charge >= 0.3 is 5.97 Å². The van der Waals surface area contributed by atoms with Crippen molar-refractivity contribution in [3.8, 4) is 5.75 Å². The number of nitrogens with two attached hydrogens (primary N) is 1. The number of halogens is 1. The first kappa shape index (κ1) is 11.0. The molecule has 4 heteroatoms. The minimum Gasteiger partial charge on any atom is -0.427 e. The molecule has 0 fully saturated rings. The summed E-state index contributed by atoms with van der Waals surface area (Å²) in [5.74, 6) is 0.245. The van der Waals surface area contributed by atoms with Crippen LogP contribution in [0.4, 0.5) is 0 Å². The first-order valence-electron chi connectivity index (χ1n) is 4.38. The van der Waals surface area contributed by atoms with Crippen molar-refractivity contribution in [2.75, 3.05) is 6.54 Å². The molecule has 2 N–H and O–H groups in total. The van der Waals surface area contributed by atoms with Crippen LogP contribution in [0.2, 0.25) is 5.02 Å².